The number of aryl methyl sites for hydroxylation is 2. The topological polar surface area (TPSA) is 49.6 Å². The van der Waals surface area contributed by atoms with Gasteiger partial charge in [-0.3, -0.25) is 0 Å². The first-order valence-corrected chi connectivity index (χ1v) is 7.96. The zero-order valence-electron chi connectivity index (χ0n) is 12.8. The van der Waals surface area contributed by atoms with Crippen LogP contribution in [0.2, 0.25) is 0 Å². The Labute approximate surface area is 130 Å². The van der Waals surface area contributed by atoms with Crippen molar-refractivity contribution in [2.24, 2.45) is 0 Å². The molecule has 108 valence electrons. The molecule has 0 amide bonds. The van der Waals surface area contributed by atoms with Gasteiger partial charge in [0, 0.05) is 5.75 Å². The maximum Gasteiger partial charge on any atom is 0.126 e. The Balaban J connectivity index is 2.15. The first-order valence-electron chi connectivity index (χ1n) is 6.98. The van der Waals surface area contributed by atoms with E-state index >= 15 is 0 Å². The van der Waals surface area contributed by atoms with E-state index in [2.05, 4.69) is 54.2 Å². The number of hydrogen-bond donors (Lipinski definition) is 0. The monoisotopic (exact) mass is 297 g/mol. The average Bonchev–Trinajstić information content (AvgIpc) is 2.45. The Kier molecular flexibility index (Phi) is 4.98. The molecule has 0 aliphatic rings. The van der Waals surface area contributed by atoms with Crippen LogP contribution >= 0.6 is 11.8 Å². The molecule has 0 aliphatic heterocycles. The van der Waals surface area contributed by atoms with E-state index < -0.39 is 0 Å². The van der Waals surface area contributed by atoms with Crippen molar-refractivity contribution in [3.8, 4) is 6.07 Å². The van der Waals surface area contributed by atoms with Crippen molar-refractivity contribution in [2.45, 2.75) is 44.4 Å². The molecule has 1 heterocycles. The van der Waals surface area contributed by atoms with Crippen molar-refractivity contribution in [3.63, 3.8) is 0 Å². The third-order valence-electron chi connectivity index (χ3n) is 3.30. The standard InChI is InChI=1S/C17H19N3S/c1-11(2)15-7-5-14(6-8-15)10-21-17-16(9-18)12(3)19-13(4)20-17/h5-8,11H,10H2,1-4H3. The van der Waals surface area contributed by atoms with Gasteiger partial charge >= 0.3 is 0 Å². The van der Waals surface area contributed by atoms with Crippen molar-refractivity contribution < 1.29 is 0 Å². The summed E-state index contributed by atoms with van der Waals surface area (Å²) in [6, 6.07) is 10.8. The van der Waals surface area contributed by atoms with Gasteiger partial charge in [-0.1, -0.05) is 38.1 Å². The summed E-state index contributed by atoms with van der Waals surface area (Å²) in [5.74, 6) is 2.07. The number of nitrogens with zero attached hydrogens (tertiary/aromatic N) is 3. The molecule has 0 spiro atoms. The molecule has 1 aromatic heterocycles. The van der Waals surface area contributed by atoms with Crippen molar-refractivity contribution in [3.05, 3.63) is 52.5 Å². The number of thioether (sulfide) groups is 1. The zero-order valence-corrected chi connectivity index (χ0v) is 13.7. The van der Waals surface area contributed by atoms with Crippen molar-refractivity contribution >= 4 is 11.8 Å². The number of hydrogen-bond acceptors (Lipinski definition) is 4. The molecule has 0 unspecified atom stereocenters. The van der Waals surface area contributed by atoms with E-state index in [1.165, 1.54) is 11.1 Å². The first kappa shape index (κ1) is 15.5. The predicted octanol–water partition coefficient (Wildman–Crippen LogP) is 4.38. The van der Waals surface area contributed by atoms with E-state index in [-0.39, 0.29) is 0 Å². The van der Waals surface area contributed by atoms with Crippen LogP contribution in [-0.4, -0.2) is 9.97 Å². The number of rotatable bonds is 4. The Morgan fingerprint density at radius 3 is 2.38 bits per heavy atom. The van der Waals surface area contributed by atoms with Gasteiger partial charge in [0.05, 0.1) is 5.69 Å². The summed E-state index contributed by atoms with van der Waals surface area (Å²) in [7, 11) is 0. The van der Waals surface area contributed by atoms with Crippen LogP contribution in [0.3, 0.4) is 0 Å². The second kappa shape index (κ2) is 6.73. The minimum absolute atomic E-state index is 0.545. The Morgan fingerprint density at radius 2 is 1.81 bits per heavy atom. The maximum absolute atomic E-state index is 9.24. The molecule has 0 radical (unpaired) electrons. The Hall–Kier alpha value is -1.86. The van der Waals surface area contributed by atoms with E-state index in [1.54, 1.807) is 11.8 Å². The normalized spacial score (nSPS) is 10.7. The van der Waals surface area contributed by atoms with Crippen LogP contribution < -0.4 is 0 Å². The quantitative estimate of drug-likeness (QED) is 0.620. The van der Waals surface area contributed by atoms with Gasteiger partial charge in [-0.15, -0.1) is 11.8 Å². The third kappa shape index (κ3) is 3.83. The highest BCUT2D eigenvalue weighted by molar-refractivity contribution is 7.98. The molecule has 3 nitrogen and oxygen atoms in total. The van der Waals surface area contributed by atoms with Gasteiger partial charge in [0.25, 0.3) is 0 Å². The lowest BCUT2D eigenvalue weighted by Crippen LogP contribution is -1.99. The summed E-state index contributed by atoms with van der Waals surface area (Å²) >= 11 is 1.59. The highest BCUT2D eigenvalue weighted by Gasteiger charge is 2.10. The molecule has 0 atom stereocenters. The fourth-order valence-corrected chi connectivity index (χ4v) is 3.10. The fourth-order valence-electron chi connectivity index (χ4n) is 2.06. The van der Waals surface area contributed by atoms with Crippen LogP contribution in [0, 0.1) is 25.2 Å². The second-order valence-corrected chi connectivity index (χ2v) is 6.30. The summed E-state index contributed by atoms with van der Waals surface area (Å²) < 4.78 is 0. The van der Waals surface area contributed by atoms with Crippen LogP contribution in [0.1, 0.15) is 48.0 Å². The summed E-state index contributed by atoms with van der Waals surface area (Å²) in [6.45, 7) is 8.09. The maximum atomic E-state index is 9.24. The second-order valence-electron chi connectivity index (χ2n) is 5.33. The van der Waals surface area contributed by atoms with Gasteiger partial charge in [-0.2, -0.15) is 5.26 Å². The van der Waals surface area contributed by atoms with E-state index in [0.717, 1.165) is 16.5 Å². The lowest BCUT2D eigenvalue weighted by molar-refractivity contribution is 0.866. The van der Waals surface area contributed by atoms with Crippen molar-refractivity contribution in [2.75, 3.05) is 0 Å². The predicted molar refractivity (Wildman–Crippen MR) is 86.3 cm³/mol. The molecule has 0 saturated carbocycles. The van der Waals surface area contributed by atoms with Gasteiger partial charge in [0.15, 0.2) is 0 Å². The minimum Gasteiger partial charge on any atom is -0.237 e. The van der Waals surface area contributed by atoms with Crippen LogP contribution in [0.15, 0.2) is 29.3 Å². The molecule has 0 fully saturated rings. The van der Waals surface area contributed by atoms with E-state index in [4.69, 9.17) is 0 Å². The fraction of sp³-hybridized carbons (Fsp3) is 0.353. The molecule has 2 rings (SSSR count). The van der Waals surface area contributed by atoms with Crippen LogP contribution in [0.25, 0.3) is 0 Å². The summed E-state index contributed by atoms with van der Waals surface area (Å²) in [6.07, 6.45) is 0. The molecule has 1 aromatic carbocycles. The smallest absolute Gasteiger partial charge is 0.126 e. The summed E-state index contributed by atoms with van der Waals surface area (Å²) in [5.41, 5.74) is 3.92. The van der Waals surface area contributed by atoms with Crippen LogP contribution in [0.4, 0.5) is 0 Å². The van der Waals surface area contributed by atoms with E-state index in [1.807, 2.05) is 13.8 Å². The van der Waals surface area contributed by atoms with Crippen molar-refractivity contribution in [1.82, 2.24) is 9.97 Å². The van der Waals surface area contributed by atoms with Crippen molar-refractivity contribution in [1.29, 1.82) is 5.26 Å². The molecule has 0 saturated heterocycles. The summed E-state index contributed by atoms with van der Waals surface area (Å²) in [5, 5.41) is 10.0. The van der Waals surface area contributed by atoms with Crippen LogP contribution in [0.5, 0.6) is 0 Å². The molecule has 0 N–H and O–H groups in total. The lowest BCUT2D eigenvalue weighted by Gasteiger charge is -2.08. The van der Waals surface area contributed by atoms with Gasteiger partial charge in [-0.25, -0.2) is 9.97 Å². The molecular weight excluding hydrogens is 278 g/mol. The number of aromatic nitrogens is 2. The molecule has 2 aromatic rings. The Morgan fingerprint density at radius 1 is 1.14 bits per heavy atom. The zero-order chi connectivity index (χ0) is 15.4. The highest BCUT2D eigenvalue weighted by Crippen LogP contribution is 2.26. The molecular formula is C17H19N3S. The minimum atomic E-state index is 0.545. The number of benzene rings is 1. The SMILES string of the molecule is Cc1nc(C)c(C#N)c(SCc2ccc(C(C)C)cc2)n1. The Bertz CT molecular complexity index is 670. The molecule has 21 heavy (non-hydrogen) atoms. The van der Waals surface area contributed by atoms with Gasteiger partial charge in [-0.05, 0) is 30.9 Å². The lowest BCUT2D eigenvalue weighted by atomic mass is 10.0. The number of nitriles is 1. The first-order chi connectivity index (χ1) is 10.0. The van der Waals surface area contributed by atoms with Gasteiger partial charge < -0.3 is 0 Å². The van der Waals surface area contributed by atoms with E-state index in [9.17, 15) is 5.26 Å². The summed E-state index contributed by atoms with van der Waals surface area (Å²) in [4.78, 5) is 8.64. The van der Waals surface area contributed by atoms with Crippen LogP contribution in [-0.2, 0) is 5.75 Å². The third-order valence-corrected chi connectivity index (χ3v) is 4.35. The average molecular weight is 297 g/mol. The highest BCUT2D eigenvalue weighted by atomic mass is 32.2. The molecule has 0 bridgehead atoms. The molecule has 0 aliphatic carbocycles. The van der Waals surface area contributed by atoms with Gasteiger partial charge in [0.2, 0.25) is 0 Å². The molecule has 4 heteroatoms. The van der Waals surface area contributed by atoms with Gasteiger partial charge in [0.1, 0.15) is 22.5 Å². The largest absolute Gasteiger partial charge is 0.237 e. The van der Waals surface area contributed by atoms with E-state index in [0.29, 0.717) is 17.3 Å².